The molecule has 1 N–H and O–H groups in total. The van der Waals surface area contributed by atoms with Crippen LogP contribution in [0.25, 0.3) is 10.9 Å². The minimum absolute atomic E-state index is 0.177. The number of amides is 1. The summed E-state index contributed by atoms with van der Waals surface area (Å²) in [6, 6.07) is 30.8. The number of rotatable bonds is 8. The van der Waals surface area contributed by atoms with E-state index in [2.05, 4.69) is 55.3 Å². The molecular weight excluding hydrogens is 583 g/mol. The highest BCUT2D eigenvalue weighted by Crippen LogP contribution is 2.42. The van der Waals surface area contributed by atoms with E-state index in [0.717, 1.165) is 22.2 Å². The number of fused-ring (bicyclic) bond motifs is 1. The van der Waals surface area contributed by atoms with Gasteiger partial charge in [-0.1, -0.05) is 123 Å². The minimum Gasteiger partial charge on any atom is -0.400 e. The van der Waals surface area contributed by atoms with Gasteiger partial charge >= 0.3 is 0 Å². The fraction of sp³-hybridized carbons (Fsp3) is 0.147. The van der Waals surface area contributed by atoms with Crippen LogP contribution < -0.4 is 15.7 Å². The molecule has 5 rings (SSSR count). The maximum Gasteiger partial charge on any atom is 0.283 e. The number of anilines is 1. The van der Waals surface area contributed by atoms with E-state index >= 15 is 0 Å². The summed E-state index contributed by atoms with van der Waals surface area (Å²) in [6.07, 6.45) is 1.87. The van der Waals surface area contributed by atoms with Crippen molar-refractivity contribution in [2.24, 2.45) is 5.41 Å². The second-order valence-electron chi connectivity index (χ2n) is 10.9. The van der Waals surface area contributed by atoms with Crippen molar-refractivity contribution >= 4 is 71.4 Å². The third-order valence-electron chi connectivity index (χ3n) is 6.89. The number of hydrogen-bond acceptors (Lipinski definition) is 4. The van der Waals surface area contributed by atoms with Gasteiger partial charge in [-0.25, -0.2) is 0 Å². The molecule has 0 saturated carbocycles. The summed E-state index contributed by atoms with van der Waals surface area (Å²) in [5.74, 6) is -0.455. The summed E-state index contributed by atoms with van der Waals surface area (Å²) in [6.45, 7) is 6.29. The molecule has 42 heavy (non-hydrogen) atoms. The van der Waals surface area contributed by atoms with Gasteiger partial charge in [0.1, 0.15) is 0 Å². The van der Waals surface area contributed by atoms with Gasteiger partial charge < -0.3 is 9.74 Å². The second-order valence-corrected chi connectivity index (χ2v) is 13.8. The van der Waals surface area contributed by atoms with Crippen molar-refractivity contribution in [1.29, 1.82) is 0 Å². The number of benzene rings is 4. The van der Waals surface area contributed by atoms with E-state index in [0.29, 0.717) is 22.2 Å². The van der Waals surface area contributed by atoms with E-state index in [1.54, 1.807) is 30.5 Å². The molecule has 0 saturated heterocycles. The molecule has 1 aromatic heterocycles. The third-order valence-corrected chi connectivity index (χ3v) is 9.71. The molecular formula is C34H29Cl2N2O3Si. The zero-order chi connectivity index (χ0) is 29.9. The molecule has 4 aromatic carbocycles. The van der Waals surface area contributed by atoms with E-state index < -0.39 is 26.5 Å². The van der Waals surface area contributed by atoms with Crippen LogP contribution in [0.15, 0.2) is 103 Å². The molecule has 1 heterocycles. The molecule has 8 heteroatoms. The first-order valence-corrected chi connectivity index (χ1v) is 15.6. The van der Waals surface area contributed by atoms with Gasteiger partial charge in [0.15, 0.2) is 6.29 Å². The van der Waals surface area contributed by atoms with Crippen LogP contribution >= 0.6 is 23.2 Å². The van der Waals surface area contributed by atoms with Crippen LogP contribution in [-0.2, 0) is 4.43 Å². The summed E-state index contributed by atoms with van der Waals surface area (Å²) in [4.78, 5) is 30.3. The van der Waals surface area contributed by atoms with Crippen LogP contribution in [0.2, 0.25) is 10.0 Å². The number of para-hydroxylation sites is 1. The number of aldehydes is 1. The second kappa shape index (κ2) is 12.6. The van der Waals surface area contributed by atoms with Crippen LogP contribution in [0.5, 0.6) is 0 Å². The SMILES string of the molecule is CC(C)(C)C(O[Si](c1ccccc1)c1ccccc1)c1c(C=O)cnc2c(NC(=O)c3c(Cl)cccc3Cl)cccc12. The Kier molecular flexibility index (Phi) is 8.90. The number of carbonyl (C=O) groups is 2. The number of hydrogen-bond donors (Lipinski definition) is 1. The lowest BCUT2D eigenvalue weighted by Gasteiger charge is -2.35. The van der Waals surface area contributed by atoms with E-state index in [1.165, 1.54) is 0 Å². The van der Waals surface area contributed by atoms with Crippen molar-refractivity contribution in [3.8, 4) is 0 Å². The summed E-state index contributed by atoms with van der Waals surface area (Å²) >= 11 is 12.6. The van der Waals surface area contributed by atoms with Crippen LogP contribution in [-0.4, -0.2) is 26.2 Å². The maximum atomic E-state index is 13.3. The average molecular weight is 613 g/mol. The number of carbonyl (C=O) groups excluding carboxylic acids is 2. The van der Waals surface area contributed by atoms with Gasteiger partial charge in [0.05, 0.1) is 32.9 Å². The third kappa shape index (κ3) is 6.17. The van der Waals surface area contributed by atoms with E-state index in [4.69, 9.17) is 27.6 Å². The minimum atomic E-state index is -1.73. The molecule has 1 unspecified atom stereocenters. The van der Waals surface area contributed by atoms with E-state index in [-0.39, 0.29) is 15.6 Å². The zero-order valence-electron chi connectivity index (χ0n) is 23.4. The highest BCUT2D eigenvalue weighted by atomic mass is 35.5. The average Bonchev–Trinajstić information content (AvgIpc) is 2.98. The van der Waals surface area contributed by atoms with Crippen molar-refractivity contribution in [3.05, 3.63) is 130 Å². The Morgan fingerprint density at radius 1 is 0.857 bits per heavy atom. The van der Waals surface area contributed by atoms with Gasteiger partial charge in [0, 0.05) is 22.7 Å². The van der Waals surface area contributed by atoms with Crippen LogP contribution in [0, 0.1) is 5.41 Å². The Morgan fingerprint density at radius 3 is 1.98 bits per heavy atom. The van der Waals surface area contributed by atoms with Crippen molar-refractivity contribution in [1.82, 2.24) is 4.98 Å². The predicted molar refractivity (Wildman–Crippen MR) is 173 cm³/mol. The maximum absolute atomic E-state index is 13.3. The molecule has 0 spiro atoms. The monoisotopic (exact) mass is 611 g/mol. The highest BCUT2D eigenvalue weighted by molar-refractivity contribution is 6.80. The van der Waals surface area contributed by atoms with Gasteiger partial charge in [-0.3, -0.25) is 14.6 Å². The Balaban J connectivity index is 1.64. The number of halogens is 2. The molecule has 0 bridgehead atoms. The quantitative estimate of drug-likeness (QED) is 0.145. The summed E-state index contributed by atoms with van der Waals surface area (Å²) < 4.78 is 7.14. The van der Waals surface area contributed by atoms with Crippen molar-refractivity contribution in [3.63, 3.8) is 0 Å². The summed E-state index contributed by atoms with van der Waals surface area (Å²) in [5, 5.41) is 6.32. The Hall–Kier alpha value is -3.81. The van der Waals surface area contributed by atoms with Crippen molar-refractivity contribution in [2.45, 2.75) is 26.9 Å². The molecule has 0 aliphatic carbocycles. The van der Waals surface area contributed by atoms with Crippen LogP contribution in [0.1, 0.15) is 53.2 Å². The van der Waals surface area contributed by atoms with Crippen LogP contribution in [0.3, 0.4) is 0 Å². The lowest BCUT2D eigenvalue weighted by Crippen LogP contribution is -2.47. The first-order valence-electron chi connectivity index (χ1n) is 13.5. The zero-order valence-corrected chi connectivity index (χ0v) is 25.9. The van der Waals surface area contributed by atoms with Gasteiger partial charge in [-0.15, -0.1) is 0 Å². The fourth-order valence-corrected chi connectivity index (χ4v) is 7.79. The van der Waals surface area contributed by atoms with Gasteiger partial charge in [-0.05, 0) is 34.0 Å². The van der Waals surface area contributed by atoms with Crippen molar-refractivity contribution in [2.75, 3.05) is 5.32 Å². The fourth-order valence-electron chi connectivity index (χ4n) is 4.91. The molecule has 1 atom stereocenters. The first kappa shape index (κ1) is 29.7. The summed E-state index contributed by atoms with van der Waals surface area (Å²) in [7, 11) is -1.73. The van der Waals surface area contributed by atoms with Crippen molar-refractivity contribution < 1.29 is 14.0 Å². The number of aromatic nitrogens is 1. The van der Waals surface area contributed by atoms with E-state index in [9.17, 15) is 9.59 Å². The number of nitrogens with one attached hydrogen (secondary N) is 1. The lowest BCUT2D eigenvalue weighted by molar-refractivity contribution is 0.0890. The summed E-state index contributed by atoms with van der Waals surface area (Å²) in [5.41, 5.74) is 1.93. The number of pyridine rings is 1. The first-order chi connectivity index (χ1) is 20.2. The van der Waals surface area contributed by atoms with Gasteiger partial charge in [0.2, 0.25) is 0 Å². The molecule has 211 valence electrons. The Labute approximate surface area is 257 Å². The normalized spacial score (nSPS) is 12.3. The lowest BCUT2D eigenvalue weighted by atomic mass is 9.82. The topological polar surface area (TPSA) is 68.3 Å². The predicted octanol–water partition coefficient (Wildman–Crippen LogP) is 7.52. The van der Waals surface area contributed by atoms with Gasteiger partial charge in [-0.2, -0.15) is 0 Å². The Bertz CT molecular complexity index is 1680. The largest absolute Gasteiger partial charge is 0.400 e. The van der Waals surface area contributed by atoms with Crippen LogP contribution in [0.4, 0.5) is 5.69 Å². The smallest absolute Gasteiger partial charge is 0.283 e. The molecule has 5 nitrogen and oxygen atoms in total. The molecule has 0 fully saturated rings. The Morgan fingerprint density at radius 2 is 1.43 bits per heavy atom. The van der Waals surface area contributed by atoms with E-state index in [1.807, 2.05) is 48.5 Å². The molecule has 0 aliphatic heterocycles. The molecule has 5 aromatic rings. The molecule has 1 amide bonds. The molecule has 0 aliphatic rings. The highest BCUT2D eigenvalue weighted by Gasteiger charge is 2.35. The standard InChI is InChI=1S/C34H29Cl2N2O3Si/c1-34(2,3)32(41-42(23-12-6-4-7-13-23)24-14-8-5-9-15-24)29-22(21-39)20-37-31-25(29)16-10-19-28(31)38-33(40)30-26(35)17-11-18-27(30)36/h4-21,32H,1-3H3,(H,38,40). The number of nitrogens with zero attached hydrogens (tertiary/aromatic N) is 1. The van der Waals surface area contributed by atoms with Gasteiger partial charge in [0.25, 0.3) is 14.9 Å². The molecule has 1 radical (unpaired) electrons.